The average Bonchev–Trinajstić information content (AvgIpc) is 2.73. The first-order chi connectivity index (χ1) is 6.40. The summed E-state index contributed by atoms with van der Waals surface area (Å²) in [6.45, 7) is 2.82. The van der Waals surface area contributed by atoms with Gasteiger partial charge in [-0.25, -0.2) is 0 Å². The van der Waals surface area contributed by atoms with Crippen molar-refractivity contribution in [3.8, 4) is 0 Å². The lowest BCUT2D eigenvalue weighted by atomic mass is 9.87. The van der Waals surface area contributed by atoms with Gasteiger partial charge in [0.2, 0.25) is 0 Å². The quantitative estimate of drug-likeness (QED) is 0.491. The van der Waals surface area contributed by atoms with Crippen molar-refractivity contribution in [1.29, 1.82) is 0 Å². The van der Waals surface area contributed by atoms with E-state index in [1.54, 1.807) is 6.26 Å². The molecule has 0 spiro atoms. The predicted molar refractivity (Wildman–Crippen MR) is 51.4 cm³/mol. The first-order valence-corrected chi connectivity index (χ1v) is 5.28. The van der Waals surface area contributed by atoms with Crippen LogP contribution in [0.15, 0.2) is 12.3 Å². The van der Waals surface area contributed by atoms with Crippen molar-refractivity contribution >= 4 is 0 Å². The third-order valence-electron chi connectivity index (χ3n) is 3.07. The van der Waals surface area contributed by atoms with Gasteiger partial charge in [0.1, 0.15) is 0 Å². The molecule has 2 fully saturated rings. The molecule has 0 aromatic carbocycles. The van der Waals surface area contributed by atoms with Gasteiger partial charge in [0.05, 0.1) is 25.1 Å². The average molecular weight is 182 g/mol. The normalized spacial score (nSPS) is 37.5. The Morgan fingerprint density at radius 1 is 1.46 bits per heavy atom. The van der Waals surface area contributed by atoms with E-state index in [1.165, 1.54) is 19.3 Å². The monoisotopic (exact) mass is 182 g/mol. The van der Waals surface area contributed by atoms with Gasteiger partial charge < -0.3 is 9.47 Å². The molecule has 0 saturated carbocycles. The molecule has 2 heterocycles. The lowest BCUT2D eigenvalue weighted by molar-refractivity contribution is 0.0866. The Labute approximate surface area is 79.9 Å². The summed E-state index contributed by atoms with van der Waals surface area (Å²) < 4.78 is 11.1. The van der Waals surface area contributed by atoms with Crippen molar-refractivity contribution < 1.29 is 9.47 Å². The van der Waals surface area contributed by atoms with E-state index in [-0.39, 0.29) is 0 Å². The van der Waals surface area contributed by atoms with Gasteiger partial charge in [0, 0.05) is 0 Å². The van der Waals surface area contributed by atoms with Gasteiger partial charge in [-0.15, -0.1) is 0 Å². The molecule has 2 nitrogen and oxygen atoms in total. The minimum absolute atomic E-state index is 0.555. The topological polar surface area (TPSA) is 18.5 Å². The van der Waals surface area contributed by atoms with Crippen LogP contribution in [0.1, 0.15) is 32.6 Å². The second-order valence-corrected chi connectivity index (χ2v) is 4.00. The summed E-state index contributed by atoms with van der Waals surface area (Å²) in [5.74, 6) is 0.768. The molecule has 13 heavy (non-hydrogen) atoms. The summed E-state index contributed by atoms with van der Waals surface area (Å²) in [5, 5.41) is 0. The zero-order valence-corrected chi connectivity index (χ0v) is 8.24. The van der Waals surface area contributed by atoms with E-state index in [9.17, 15) is 0 Å². The Morgan fingerprint density at radius 2 is 2.38 bits per heavy atom. The first kappa shape index (κ1) is 9.07. The molecule has 2 bridgehead atoms. The SMILES string of the molecule is C/C=C/OCCC1CC2CCC1O2. The van der Waals surface area contributed by atoms with Gasteiger partial charge in [0.25, 0.3) is 0 Å². The molecule has 0 amide bonds. The van der Waals surface area contributed by atoms with E-state index in [2.05, 4.69) is 0 Å². The van der Waals surface area contributed by atoms with Crippen LogP contribution in [0.3, 0.4) is 0 Å². The van der Waals surface area contributed by atoms with E-state index < -0.39 is 0 Å². The van der Waals surface area contributed by atoms with Crippen molar-refractivity contribution in [2.75, 3.05) is 6.61 Å². The van der Waals surface area contributed by atoms with E-state index in [4.69, 9.17) is 9.47 Å². The Balaban J connectivity index is 1.66. The molecule has 0 N–H and O–H groups in total. The fourth-order valence-corrected chi connectivity index (χ4v) is 2.43. The summed E-state index contributed by atoms with van der Waals surface area (Å²) in [6, 6.07) is 0. The zero-order valence-electron chi connectivity index (χ0n) is 8.24. The molecule has 3 unspecified atom stereocenters. The molecule has 2 aliphatic rings. The fraction of sp³-hybridized carbons (Fsp3) is 0.818. The van der Waals surface area contributed by atoms with Gasteiger partial charge in [-0.05, 0) is 38.5 Å². The Morgan fingerprint density at radius 3 is 3.00 bits per heavy atom. The van der Waals surface area contributed by atoms with Crippen LogP contribution in [-0.2, 0) is 9.47 Å². The molecule has 2 aliphatic heterocycles. The maximum Gasteiger partial charge on any atom is 0.0876 e. The molecule has 2 heteroatoms. The molecule has 0 aliphatic carbocycles. The molecule has 74 valence electrons. The largest absolute Gasteiger partial charge is 0.502 e. The molecule has 0 aromatic rings. The predicted octanol–water partition coefficient (Wildman–Crippen LogP) is 2.49. The summed E-state index contributed by atoms with van der Waals surface area (Å²) >= 11 is 0. The van der Waals surface area contributed by atoms with Crippen LogP contribution in [0.2, 0.25) is 0 Å². The molecule has 0 radical (unpaired) electrons. The number of hydrogen-bond acceptors (Lipinski definition) is 2. The lowest BCUT2D eigenvalue weighted by Crippen LogP contribution is -2.17. The molecule has 2 saturated heterocycles. The summed E-state index contributed by atoms with van der Waals surface area (Å²) in [5.41, 5.74) is 0. The molecule has 2 rings (SSSR count). The highest BCUT2D eigenvalue weighted by Crippen LogP contribution is 2.40. The van der Waals surface area contributed by atoms with Crippen molar-refractivity contribution in [3.63, 3.8) is 0 Å². The van der Waals surface area contributed by atoms with Crippen molar-refractivity contribution in [1.82, 2.24) is 0 Å². The number of ether oxygens (including phenoxy) is 2. The van der Waals surface area contributed by atoms with Crippen LogP contribution >= 0.6 is 0 Å². The number of hydrogen-bond donors (Lipinski definition) is 0. The minimum atomic E-state index is 0.555. The van der Waals surface area contributed by atoms with Gasteiger partial charge in [-0.1, -0.05) is 6.08 Å². The van der Waals surface area contributed by atoms with Crippen LogP contribution in [0, 0.1) is 5.92 Å². The van der Waals surface area contributed by atoms with E-state index >= 15 is 0 Å². The van der Waals surface area contributed by atoms with Crippen LogP contribution in [0.5, 0.6) is 0 Å². The summed E-state index contributed by atoms with van der Waals surface area (Å²) in [4.78, 5) is 0. The zero-order chi connectivity index (χ0) is 9.10. The Hall–Kier alpha value is -0.500. The number of allylic oxidation sites excluding steroid dienone is 1. The van der Waals surface area contributed by atoms with Crippen LogP contribution < -0.4 is 0 Å². The van der Waals surface area contributed by atoms with Crippen molar-refractivity contribution in [2.24, 2.45) is 5.92 Å². The highest BCUT2D eigenvalue weighted by atomic mass is 16.5. The van der Waals surface area contributed by atoms with Crippen molar-refractivity contribution in [2.45, 2.75) is 44.8 Å². The Bertz CT molecular complexity index is 189. The van der Waals surface area contributed by atoms with Gasteiger partial charge in [-0.3, -0.25) is 0 Å². The van der Waals surface area contributed by atoms with Crippen LogP contribution in [-0.4, -0.2) is 18.8 Å². The van der Waals surface area contributed by atoms with E-state index in [0.29, 0.717) is 12.2 Å². The van der Waals surface area contributed by atoms with E-state index in [0.717, 1.165) is 18.9 Å². The standard InChI is InChI=1S/C11H18O2/c1-2-6-12-7-5-9-8-10-3-4-11(9)13-10/h2,6,9-11H,3-5,7-8H2,1H3/b6-2+. The minimum Gasteiger partial charge on any atom is -0.502 e. The maximum absolute atomic E-state index is 5.77. The summed E-state index contributed by atoms with van der Waals surface area (Å²) in [6.07, 6.45) is 9.83. The fourth-order valence-electron chi connectivity index (χ4n) is 2.43. The molecular formula is C11H18O2. The highest BCUT2D eigenvalue weighted by Gasteiger charge is 2.40. The van der Waals surface area contributed by atoms with Crippen LogP contribution in [0.4, 0.5) is 0 Å². The van der Waals surface area contributed by atoms with Gasteiger partial charge in [-0.2, -0.15) is 0 Å². The van der Waals surface area contributed by atoms with Gasteiger partial charge >= 0.3 is 0 Å². The second kappa shape index (κ2) is 4.14. The van der Waals surface area contributed by atoms with Crippen LogP contribution in [0.25, 0.3) is 0 Å². The van der Waals surface area contributed by atoms with Crippen molar-refractivity contribution in [3.05, 3.63) is 12.3 Å². The summed E-state index contributed by atoms with van der Waals surface area (Å²) in [7, 11) is 0. The smallest absolute Gasteiger partial charge is 0.0876 e. The molecule has 0 aromatic heterocycles. The third-order valence-corrected chi connectivity index (χ3v) is 3.07. The molecule has 3 atom stereocenters. The highest BCUT2D eigenvalue weighted by molar-refractivity contribution is 4.89. The maximum atomic E-state index is 5.77. The van der Waals surface area contributed by atoms with Gasteiger partial charge in [0.15, 0.2) is 0 Å². The number of fused-ring (bicyclic) bond motifs is 2. The Kier molecular flexibility index (Phi) is 2.89. The third kappa shape index (κ3) is 2.05. The molecular weight excluding hydrogens is 164 g/mol. The first-order valence-electron chi connectivity index (χ1n) is 5.28. The lowest BCUT2D eigenvalue weighted by Gasteiger charge is -2.17. The van der Waals surface area contributed by atoms with E-state index in [1.807, 2.05) is 13.0 Å². The second-order valence-electron chi connectivity index (χ2n) is 4.00. The number of rotatable bonds is 4.